The molecule has 2 fully saturated rings. The van der Waals surface area contributed by atoms with Crippen LogP contribution in [0, 0.1) is 5.92 Å². The van der Waals surface area contributed by atoms with Gasteiger partial charge in [-0.1, -0.05) is 59.7 Å². The third-order valence-corrected chi connectivity index (χ3v) is 4.19. The fraction of sp³-hybridized carbons (Fsp3) is 0.714. The Kier molecular flexibility index (Phi) is 13.7. The number of anilines is 1. The van der Waals surface area contributed by atoms with Crippen LogP contribution in [0.3, 0.4) is 0 Å². The number of hydrogen-bond acceptors (Lipinski definition) is 3. The maximum absolute atomic E-state index is 2.63. The molecule has 2 heterocycles. The van der Waals surface area contributed by atoms with Crippen LogP contribution in [0.4, 0.5) is 5.69 Å². The van der Waals surface area contributed by atoms with Crippen molar-refractivity contribution in [1.29, 1.82) is 0 Å². The molecule has 0 bridgehead atoms. The first-order valence-corrected chi connectivity index (χ1v) is 10.0. The molecule has 24 heavy (non-hydrogen) atoms. The molecule has 3 nitrogen and oxygen atoms in total. The highest BCUT2D eigenvalue weighted by Crippen LogP contribution is 2.24. The third kappa shape index (κ3) is 7.67. The van der Waals surface area contributed by atoms with Crippen molar-refractivity contribution in [3.8, 4) is 0 Å². The van der Waals surface area contributed by atoms with Crippen molar-refractivity contribution >= 4 is 5.69 Å². The van der Waals surface area contributed by atoms with Crippen molar-refractivity contribution in [3.05, 3.63) is 30.3 Å². The van der Waals surface area contributed by atoms with Gasteiger partial charge in [0.1, 0.15) is 0 Å². The number of rotatable bonds is 3. The van der Waals surface area contributed by atoms with E-state index in [2.05, 4.69) is 52.1 Å². The average molecular weight is 336 g/mol. The summed E-state index contributed by atoms with van der Waals surface area (Å²) in [5.41, 5.74) is 1.38. The van der Waals surface area contributed by atoms with Gasteiger partial charge in [0.05, 0.1) is 0 Å². The van der Waals surface area contributed by atoms with E-state index >= 15 is 0 Å². The Hall–Kier alpha value is -1.06. The molecular formula is C21H41N3. The van der Waals surface area contributed by atoms with Crippen LogP contribution < -0.4 is 4.90 Å². The fourth-order valence-corrected chi connectivity index (χ4v) is 2.93. The molecule has 0 amide bonds. The maximum Gasteiger partial charge on any atom is 0.0366 e. The summed E-state index contributed by atoms with van der Waals surface area (Å²) < 4.78 is 0. The molecule has 3 heteroatoms. The van der Waals surface area contributed by atoms with Gasteiger partial charge in [-0.3, -0.25) is 0 Å². The highest BCUT2D eigenvalue weighted by Gasteiger charge is 2.29. The van der Waals surface area contributed by atoms with Gasteiger partial charge in [0.25, 0.3) is 0 Å². The summed E-state index contributed by atoms with van der Waals surface area (Å²) in [6.07, 6.45) is 0. The Morgan fingerprint density at radius 1 is 0.792 bits per heavy atom. The van der Waals surface area contributed by atoms with Crippen LogP contribution in [-0.2, 0) is 0 Å². The number of hydrogen-bond donors (Lipinski definition) is 0. The fourth-order valence-electron chi connectivity index (χ4n) is 2.93. The van der Waals surface area contributed by atoms with E-state index in [4.69, 9.17) is 0 Å². The molecule has 0 radical (unpaired) electrons. The van der Waals surface area contributed by atoms with Gasteiger partial charge in [-0.15, -0.1) is 0 Å². The number of piperazine rings is 1. The maximum atomic E-state index is 2.63. The predicted octanol–water partition coefficient (Wildman–Crippen LogP) is 4.45. The van der Waals surface area contributed by atoms with E-state index in [1.807, 2.05) is 41.5 Å². The van der Waals surface area contributed by atoms with Crippen molar-refractivity contribution in [3.63, 3.8) is 0 Å². The Morgan fingerprint density at radius 2 is 1.29 bits per heavy atom. The quantitative estimate of drug-likeness (QED) is 0.808. The normalized spacial score (nSPS) is 18.0. The summed E-state index contributed by atoms with van der Waals surface area (Å²) in [4.78, 5) is 7.54. The lowest BCUT2D eigenvalue weighted by Crippen LogP contribution is -2.54. The van der Waals surface area contributed by atoms with Crippen LogP contribution in [0.15, 0.2) is 30.3 Å². The Bertz CT molecular complexity index is 366. The lowest BCUT2D eigenvalue weighted by Gasteiger charge is -2.44. The second-order valence-corrected chi connectivity index (χ2v) is 5.71. The summed E-state index contributed by atoms with van der Waals surface area (Å²) in [5, 5.41) is 0. The first-order chi connectivity index (χ1) is 11.8. The van der Waals surface area contributed by atoms with Crippen molar-refractivity contribution in [2.75, 3.05) is 57.8 Å². The van der Waals surface area contributed by atoms with Crippen LogP contribution in [-0.4, -0.2) is 62.7 Å². The molecule has 1 aromatic rings. The molecule has 0 aliphatic carbocycles. The molecular weight excluding hydrogens is 294 g/mol. The van der Waals surface area contributed by atoms with Gasteiger partial charge in [-0.05, 0) is 19.2 Å². The van der Waals surface area contributed by atoms with Gasteiger partial charge in [0.15, 0.2) is 0 Å². The van der Waals surface area contributed by atoms with E-state index in [0.717, 1.165) is 5.92 Å². The molecule has 0 unspecified atom stereocenters. The van der Waals surface area contributed by atoms with E-state index in [9.17, 15) is 0 Å². The molecule has 2 aliphatic heterocycles. The highest BCUT2D eigenvalue weighted by molar-refractivity contribution is 5.48. The van der Waals surface area contributed by atoms with Crippen molar-refractivity contribution < 1.29 is 0 Å². The number of nitrogens with zero attached hydrogens (tertiary/aromatic N) is 3. The SMILES string of the molecule is CC.CC.CC.CN1CCN(CC2CN(c3ccccc3)C2)CC1. The van der Waals surface area contributed by atoms with Gasteiger partial charge >= 0.3 is 0 Å². The molecule has 1 aromatic carbocycles. The first-order valence-electron chi connectivity index (χ1n) is 10.0. The minimum absolute atomic E-state index is 0.869. The van der Waals surface area contributed by atoms with E-state index in [1.165, 1.54) is 51.5 Å². The van der Waals surface area contributed by atoms with Crippen molar-refractivity contribution in [1.82, 2.24) is 9.80 Å². The first kappa shape index (κ1) is 22.9. The summed E-state index contributed by atoms with van der Waals surface area (Å²) in [6, 6.07) is 10.8. The number of benzene rings is 1. The van der Waals surface area contributed by atoms with E-state index < -0.39 is 0 Å². The van der Waals surface area contributed by atoms with Crippen LogP contribution in [0.1, 0.15) is 41.5 Å². The lowest BCUT2D eigenvalue weighted by molar-refractivity contribution is 0.128. The Labute approximate surface area is 151 Å². The summed E-state index contributed by atoms with van der Waals surface area (Å²) in [7, 11) is 2.22. The summed E-state index contributed by atoms with van der Waals surface area (Å²) in [6.45, 7) is 20.7. The highest BCUT2D eigenvalue weighted by atomic mass is 15.3. The zero-order valence-electron chi connectivity index (χ0n) is 17.3. The summed E-state index contributed by atoms with van der Waals surface area (Å²) in [5.74, 6) is 0.869. The minimum atomic E-state index is 0.869. The number of likely N-dealkylation sites (N-methyl/N-ethyl adjacent to an activating group) is 1. The van der Waals surface area contributed by atoms with Gasteiger partial charge in [0.2, 0.25) is 0 Å². The summed E-state index contributed by atoms with van der Waals surface area (Å²) >= 11 is 0. The molecule has 0 aromatic heterocycles. The Balaban J connectivity index is 0.000000798. The van der Waals surface area contributed by atoms with Crippen LogP contribution >= 0.6 is 0 Å². The van der Waals surface area contributed by atoms with Crippen molar-refractivity contribution in [2.45, 2.75) is 41.5 Å². The average Bonchev–Trinajstić information content (AvgIpc) is 2.65. The minimum Gasteiger partial charge on any atom is -0.371 e. The van der Waals surface area contributed by atoms with Crippen LogP contribution in [0.25, 0.3) is 0 Å². The second-order valence-electron chi connectivity index (χ2n) is 5.71. The molecule has 2 aliphatic rings. The Morgan fingerprint density at radius 3 is 1.79 bits per heavy atom. The smallest absolute Gasteiger partial charge is 0.0366 e. The molecule has 0 N–H and O–H groups in total. The molecule has 140 valence electrons. The van der Waals surface area contributed by atoms with E-state index in [-0.39, 0.29) is 0 Å². The standard InChI is InChI=1S/C15H23N3.3C2H6/c1-16-7-9-17(10-8-16)11-14-12-18(13-14)15-5-3-2-4-6-15;3*1-2/h2-6,14H,7-13H2,1H3;3*1-2H3. The van der Waals surface area contributed by atoms with Crippen LogP contribution in [0.5, 0.6) is 0 Å². The molecule has 2 saturated heterocycles. The zero-order chi connectivity index (χ0) is 18.4. The van der Waals surface area contributed by atoms with E-state index in [1.54, 1.807) is 0 Å². The lowest BCUT2D eigenvalue weighted by atomic mass is 9.98. The molecule has 0 spiro atoms. The zero-order valence-corrected chi connectivity index (χ0v) is 17.3. The third-order valence-electron chi connectivity index (χ3n) is 4.19. The van der Waals surface area contributed by atoms with Crippen molar-refractivity contribution in [2.24, 2.45) is 5.92 Å². The van der Waals surface area contributed by atoms with Gasteiger partial charge < -0.3 is 14.7 Å². The van der Waals surface area contributed by atoms with Crippen LogP contribution in [0.2, 0.25) is 0 Å². The molecule has 3 rings (SSSR count). The van der Waals surface area contributed by atoms with Gasteiger partial charge in [-0.25, -0.2) is 0 Å². The predicted molar refractivity (Wildman–Crippen MR) is 110 cm³/mol. The van der Waals surface area contributed by atoms with E-state index in [0.29, 0.717) is 0 Å². The number of para-hydroxylation sites is 1. The van der Waals surface area contributed by atoms with Gasteiger partial charge in [0, 0.05) is 57.4 Å². The molecule has 0 atom stereocenters. The topological polar surface area (TPSA) is 9.72 Å². The monoisotopic (exact) mass is 335 g/mol. The second kappa shape index (κ2) is 14.3. The largest absolute Gasteiger partial charge is 0.371 e. The van der Waals surface area contributed by atoms with Gasteiger partial charge in [-0.2, -0.15) is 0 Å². The molecule has 0 saturated carbocycles.